The summed E-state index contributed by atoms with van der Waals surface area (Å²) in [5.41, 5.74) is 0. The predicted octanol–water partition coefficient (Wildman–Crippen LogP) is 0.766. The van der Waals surface area contributed by atoms with Gasteiger partial charge < -0.3 is 15.0 Å². The Bertz CT molecular complexity index is 239. The Labute approximate surface area is 97.3 Å². The van der Waals surface area contributed by atoms with Crippen LogP contribution in [-0.2, 0) is 9.53 Å². The maximum absolute atomic E-state index is 11.8. The summed E-state index contributed by atoms with van der Waals surface area (Å²) < 4.78 is 5.46. The highest BCUT2D eigenvalue weighted by Gasteiger charge is 2.24. The van der Waals surface area contributed by atoms with Gasteiger partial charge in [0.25, 0.3) is 0 Å². The third-order valence-corrected chi connectivity index (χ3v) is 3.58. The van der Waals surface area contributed by atoms with Crippen LogP contribution in [0, 0.1) is 0 Å². The number of likely N-dealkylation sites (tertiary alicyclic amines) is 1. The number of hydrogen-bond donors (Lipinski definition) is 1. The Morgan fingerprint density at radius 2 is 2.19 bits per heavy atom. The van der Waals surface area contributed by atoms with E-state index in [4.69, 9.17) is 4.74 Å². The minimum Gasteiger partial charge on any atom is -0.377 e. The molecule has 0 aromatic carbocycles. The maximum Gasteiger partial charge on any atom is 0.223 e. The number of rotatable bonds is 4. The molecule has 2 fully saturated rings. The SMILES string of the molecule is CC1OCCC1NCCC(=O)N1CCCC1. The lowest BCUT2D eigenvalue weighted by Crippen LogP contribution is -2.38. The summed E-state index contributed by atoms with van der Waals surface area (Å²) in [5, 5.41) is 3.41. The van der Waals surface area contributed by atoms with E-state index < -0.39 is 0 Å². The van der Waals surface area contributed by atoms with Gasteiger partial charge in [-0.1, -0.05) is 0 Å². The molecule has 0 aliphatic carbocycles. The fourth-order valence-electron chi connectivity index (χ4n) is 2.49. The number of carbonyl (C=O) groups excluding carboxylic acids is 1. The van der Waals surface area contributed by atoms with Crippen LogP contribution >= 0.6 is 0 Å². The third kappa shape index (κ3) is 2.95. The monoisotopic (exact) mass is 226 g/mol. The number of amides is 1. The van der Waals surface area contributed by atoms with Gasteiger partial charge in [-0.2, -0.15) is 0 Å². The highest BCUT2D eigenvalue weighted by atomic mass is 16.5. The summed E-state index contributed by atoms with van der Waals surface area (Å²) in [7, 11) is 0. The van der Waals surface area contributed by atoms with Crippen molar-refractivity contribution in [2.45, 2.75) is 44.8 Å². The molecule has 0 radical (unpaired) electrons. The van der Waals surface area contributed by atoms with Crippen LogP contribution in [0.5, 0.6) is 0 Å². The first-order valence-electron chi connectivity index (χ1n) is 6.40. The van der Waals surface area contributed by atoms with Crippen LogP contribution in [0.2, 0.25) is 0 Å². The fraction of sp³-hybridized carbons (Fsp3) is 0.917. The van der Waals surface area contributed by atoms with Crippen LogP contribution in [0.15, 0.2) is 0 Å². The molecule has 0 spiro atoms. The quantitative estimate of drug-likeness (QED) is 0.769. The Morgan fingerprint density at radius 3 is 2.81 bits per heavy atom. The molecule has 0 aromatic rings. The van der Waals surface area contributed by atoms with Crippen LogP contribution in [0.1, 0.15) is 32.6 Å². The smallest absolute Gasteiger partial charge is 0.223 e. The molecular weight excluding hydrogens is 204 g/mol. The second-order valence-electron chi connectivity index (χ2n) is 4.76. The van der Waals surface area contributed by atoms with Crippen molar-refractivity contribution in [2.75, 3.05) is 26.2 Å². The van der Waals surface area contributed by atoms with Crippen LogP contribution in [-0.4, -0.2) is 49.2 Å². The molecule has 16 heavy (non-hydrogen) atoms. The molecule has 2 saturated heterocycles. The molecule has 92 valence electrons. The first-order chi connectivity index (χ1) is 7.77. The van der Waals surface area contributed by atoms with Gasteiger partial charge in [-0.3, -0.25) is 4.79 Å². The molecular formula is C12H22N2O2. The van der Waals surface area contributed by atoms with E-state index in [9.17, 15) is 4.79 Å². The molecule has 0 aromatic heterocycles. The molecule has 0 bridgehead atoms. The van der Waals surface area contributed by atoms with E-state index >= 15 is 0 Å². The molecule has 2 aliphatic heterocycles. The zero-order valence-corrected chi connectivity index (χ0v) is 10.1. The second-order valence-corrected chi connectivity index (χ2v) is 4.76. The van der Waals surface area contributed by atoms with E-state index in [-0.39, 0.29) is 0 Å². The number of nitrogens with zero attached hydrogens (tertiary/aromatic N) is 1. The molecule has 2 atom stereocenters. The lowest BCUT2D eigenvalue weighted by Gasteiger charge is -2.18. The highest BCUT2D eigenvalue weighted by molar-refractivity contribution is 5.76. The van der Waals surface area contributed by atoms with Crippen molar-refractivity contribution < 1.29 is 9.53 Å². The fourth-order valence-corrected chi connectivity index (χ4v) is 2.49. The molecule has 2 unspecified atom stereocenters. The average Bonchev–Trinajstić information content (AvgIpc) is 2.90. The molecule has 2 heterocycles. The average molecular weight is 226 g/mol. The first kappa shape index (κ1) is 11.9. The van der Waals surface area contributed by atoms with Gasteiger partial charge in [-0.25, -0.2) is 0 Å². The Morgan fingerprint density at radius 1 is 1.44 bits per heavy atom. The van der Waals surface area contributed by atoms with E-state index in [2.05, 4.69) is 12.2 Å². The number of nitrogens with one attached hydrogen (secondary N) is 1. The highest BCUT2D eigenvalue weighted by Crippen LogP contribution is 2.13. The van der Waals surface area contributed by atoms with Gasteiger partial charge in [0.2, 0.25) is 5.91 Å². The van der Waals surface area contributed by atoms with Gasteiger partial charge in [0.05, 0.1) is 6.10 Å². The van der Waals surface area contributed by atoms with E-state index in [1.54, 1.807) is 0 Å². The van der Waals surface area contributed by atoms with Gasteiger partial charge in [0, 0.05) is 38.7 Å². The molecule has 4 heteroatoms. The van der Waals surface area contributed by atoms with Gasteiger partial charge >= 0.3 is 0 Å². The predicted molar refractivity (Wildman–Crippen MR) is 62.3 cm³/mol. The normalized spacial score (nSPS) is 29.9. The molecule has 0 saturated carbocycles. The number of ether oxygens (including phenoxy) is 1. The van der Waals surface area contributed by atoms with Crippen molar-refractivity contribution in [1.29, 1.82) is 0 Å². The van der Waals surface area contributed by atoms with Crippen LogP contribution in [0.25, 0.3) is 0 Å². The van der Waals surface area contributed by atoms with E-state index in [1.807, 2.05) is 4.90 Å². The summed E-state index contributed by atoms with van der Waals surface area (Å²) >= 11 is 0. The summed E-state index contributed by atoms with van der Waals surface area (Å²) in [6.45, 7) is 5.64. The van der Waals surface area contributed by atoms with Crippen LogP contribution < -0.4 is 5.32 Å². The van der Waals surface area contributed by atoms with Crippen molar-refractivity contribution in [3.63, 3.8) is 0 Å². The van der Waals surface area contributed by atoms with Crippen molar-refractivity contribution in [1.82, 2.24) is 10.2 Å². The summed E-state index contributed by atoms with van der Waals surface area (Å²) in [5.74, 6) is 0.302. The van der Waals surface area contributed by atoms with Crippen molar-refractivity contribution >= 4 is 5.91 Å². The van der Waals surface area contributed by atoms with Crippen LogP contribution in [0.3, 0.4) is 0 Å². The van der Waals surface area contributed by atoms with Gasteiger partial charge in [-0.05, 0) is 26.2 Å². The van der Waals surface area contributed by atoms with E-state index in [1.165, 1.54) is 12.8 Å². The molecule has 1 N–H and O–H groups in total. The largest absolute Gasteiger partial charge is 0.377 e. The van der Waals surface area contributed by atoms with Crippen molar-refractivity contribution in [3.8, 4) is 0 Å². The second kappa shape index (κ2) is 5.64. The standard InChI is InChI=1S/C12H22N2O2/c1-10-11(5-9-16-10)13-6-4-12(15)14-7-2-3-8-14/h10-11,13H,2-9H2,1H3. The minimum absolute atomic E-state index is 0.293. The minimum atomic E-state index is 0.293. The van der Waals surface area contributed by atoms with Gasteiger partial charge in [0.15, 0.2) is 0 Å². The summed E-state index contributed by atoms with van der Waals surface area (Å²) in [4.78, 5) is 13.7. The topological polar surface area (TPSA) is 41.6 Å². The van der Waals surface area contributed by atoms with Gasteiger partial charge in [-0.15, -0.1) is 0 Å². The third-order valence-electron chi connectivity index (χ3n) is 3.58. The van der Waals surface area contributed by atoms with E-state index in [0.29, 0.717) is 24.5 Å². The van der Waals surface area contributed by atoms with Crippen molar-refractivity contribution in [2.24, 2.45) is 0 Å². The first-order valence-corrected chi connectivity index (χ1v) is 6.40. The van der Waals surface area contributed by atoms with Crippen molar-refractivity contribution in [3.05, 3.63) is 0 Å². The molecule has 1 amide bonds. The Kier molecular flexibility index (Phi) is 4.18. The molecule has 2 aliphatic rings. The zero-order valence-electron chi connectivity index (χ0n) is 10.1. The summed E-state index contributed by atoms with van der Waals surface area (Å²) in [6.07, 6.45) is 4.34. The van der Waals surface area contributed by atoms with E-state index in [0.717, 1.165) is 32.7 Å². The maximum atomic E-state index is 11.8. The molecule has 2 rings (SSSR count). The Balaban J connectivity index is 1.61. The zero-order chi connectivity index (χ0) is 11.4. The lowest BCUT2D eigenvalue weighted by molar-refractivity contribution is -0.130. The number of hydrogen-bond acceptors (Lipinski definition) is 3. The summed E-state index contributed by atoms with van der Waals surface area (Å²) in [6, 6.07) is 0.436. The van der Waals surface area contributed by atoms with Gasteiger partial charge in [0.1, 0.15) is 0 Å². The number of carbonyl (C=O) groups is 1. The lowest BCUT2D eigenvalue weighted by atomic mass is 10.1. The Hall–Kier alpha value is -0.610. The molecule has 4 nitrogen and oxygen atoms in total. The van der Waals surface area contributed by atoms with Crippen LogP contribution in [0.4, 0.5) is 0 Å².